The summed E-state index contributed by atoms with van der Waals surface area (Å²) in [7, 11) is 2.28. The minimum absolute atomic E-state index is 0.0184. The van der Waals surface area contributed by atoms with Gasteiger partial charge in [0.25, 0.3) is 11.9 Å². The summed E-state index contributed by atoms with van der Waals surface area (Å²) in [6, 6.07) is -3.87. The van der Waals surface area contributed by atoms with Crippen LogP contribution in [0.1, 0.15) is 83.5 Å². The molecule has 0 aromatic heterocycles. The number of likely N-dealkylation sites (tertiary alicyclic amines) is 2. The van der Waals surface area contributed by atoms with E-state index in [0.717, 1.165) is 14.2 Å². The third-order valence-electron chi connectivity index (χ3n) is 9.63. The number of nitro groups is 2. The average molecular weight is 899 g/mol. The van der Waals surface area contributed by atoms with Crippen molar-refractivity contribution in [1.29, 1.82) is 0 Å². The zero-order valence-electron chi connectivity index (χ0n) is 35.3. The van der Waals surface area contributed by atoms with E-state index < -0.39 is 81.7 Å². The molecule has 2 heterocycles. The topological polar surface area (TPSA) is 397 Å². The van der Waals surface area contributed by atoms with Gasteiger partial charge in [0.2, 0.25) is 35.4 Å². The van der Waals surface area contributed by atoms with E-state index in [4.69, 9.17) is 20.9 Å². The zero-order chi connectivity index (χ0) is 46.9. The van der Waals surface area contributed by atoms with Gasteiger partial charge in [0.1, 0.15) is 24.2 Å². The molecule has 0 aliphatic carbocycles. The van der Waals surface area contributed by atoms with Crippen LogP contribution in [-0.4, -0.2) is 157 Å². The van der Waals surface area contributed by atoms with Crippen LogP contribution in [0.5, 0.6) is 0 Å². The zero-order valence-corrected chi connectivity index (χ0v) is 35.3. The van der Waals surface area contributed by atoms with Crippen molar-refractivity contribution < 1.29 is 57.9 Å². The van der Waals surface area contributed by atoms with Crippen molar-refractivity contribution in [3.8, 4) is 0 Å². The molecule has 0 saturated carbocycles. The number of guanidine groups is 2. The van der Waals surface area contributed by atoms with E-state index in [1.54, 1.807) is 10.9 Å². The molecule has 0 radical (unpaired) electrons. The fourth-order valence-corrected chi connectivity index (χ4v) is 6.60. The van der Waals surface area contributed by atoms with Crippen LogP contribution in [0.25, 0.3) is 0 Å². The van der Waals surface area contributed by atoms with Gasteiger partial charge in [0.05, 0.1) is 27.3 Å². The second kappa shape index (κ2) is 27.8. The number of amides is 6. The number of nitrogens with zero attached hydrogens (tertiary/aromatic N) is 6. The molecule has 0 aromatic carbocycles. The fourth-order valence-electron chi connectivity index (χ4n) is 6.60. The number of nitrogens with two attached hydrogens (primary N) is 2. The lowest BCUT2D eigenvalue weighted by Gasteiger charge is -2.32. The molecule has 0 spiro atoms. The highest BCUT2D eigenvalue weighted by Gasteiger charge is 2.33. The number of carbonyl (C=O) groups excluding carboxylic acids is 8. The van der Waals surface area contributed by atoms with Crippen LogP contribution in [0.3, 0.4) is 0 Å². The maximum absolute atomic E-state index is 13.1. The lowest BCUT2D eigenvalue weighted by atomic mass is 10.0. The number of carbonyl (C=O) groups is 8. The van der Waals surface area contributed by atoms with E-state index in [1.807, 2.05) is 0 Å². The maximum atomic E-state index is 13.1. The minimum atomic E-state index is -1.08. The highest BCUT2D eigenvalue weighted by molar-refractivity contribution is 5.93. The van der Waals surface area contributed by atoms with Gasteiger partial charge in [-0.1, -0.05) is 17.3 Å². The van der Waals surface area contributed by atoms with Gasteiger partial charge in [-0.2, -0.15) is 0 Å². The van der Waals surface area contributed by atoms with Crippen LogP contribution in [0, 0.1) is 20.2 Å². The van der Waals surface area contributed by atoms with Gasteiger partial charge in [-0.3, -0.25) is 28.8 Å². The Labute approximate surface area is 361 Å². The standard InChI is InChI=1S/C35H58N14O14/c1-62-32(56)24(10-6-16-38-34(36)44-48(58)59)42-28(52)20-46-18-8-12-22(30(46)54)40-26(50)14-4-3-5-15-27(51)41-23-13-9-19-47(31(23)55)21-29(53)43-25(33(57)63-2)11-7-17-39-35(37)45-49(60)61/h22-25H,3-21H2,1-2H3,(H,40,50)(H,41,51)(H,42,52)(H,43,53)(H3,36,38,44)(H3,37,39,45)/t22?,23?,24-,25-/m0/s1. The van der Waals surface area contributed by atoms with E-state index in [-0.39, 0.29) is 89.6 Å². The lowest BCUT2D eigenvalue weighted by molar-refractivity contribution is -0.525. The molecule has 2 saturated heterocycles. The highest BCUT2D eigenvalue weighted by atomic mass is 16.7. The third kappa shape index (κ3) is 20.5. The molecule has 63 heavy (non-hydrogen) atoms. The van der Waals surface area contributed by atoms with Crippen molar-refractivity contribution in [3.05, 3.63) is 20.2 Å². The first kappa shape index (κ1) is 52.2. The molecule has 2 aliphatic rings. The second-order valence-electron chi connectivity index (χ2n) is 14.4. The van der Waals surface area contributed by atoms with Gasteiger partial charge in [0.15, 0.2) is 10.1 Å². The molecule has 2 aliphatic heterocycles. The number of methoxy groups -OCH3 is 2. The molecule has 2 rings (SSSR count). The summed E-state index contributed by atoms with van der Waals surface area (Å²) in [5.74, 6) is -5.29. The Kier molecular flexibility index (Phi) is 23.1. The van der Waals surface area contributed by atoms with E-state index in [0.29, 0.717) is 44.9 Å². The van der Waals surface area contributed by atoms with Crippen LogP contribution in [0.2, 0.25) is 0 Å². The summed E-state index contributed by atoms with van der Waals surface area (Å²) < 4.78 is 9.49. The van der Waals surface area contributed by atoms with Crippen molar-refractivity contribution in [3.63, 3.8) is 0 Å². The third-order valence-corrected chi connectivity index (χ3v) is 9.63. The molecule has 4 atom stereocenters. The molecule has 0 bridgehead atoms. The van der Waals surface area contributed by atoms with Crippen molar-refractivity contribution in [2.24, 2.45) is 21.5 Å². The minimum Gasteiger partial charge on any atom is -0.467 e. The van der Waals surface area contributed by atoms with Gasteiger partial charge in [0, 0.05) is 39.0 Å². The quantitative estimate of drug-likeness (QED) is 0.0103. The normalized spacial score (nSPS) is 17.7. The first-order valence-electron chi connectivity index (χ1n) is 20.3. The van der Waals surface area contributed by atoms with E-state index in [1.165, 1.54) is 9.80 Å². The van der Waals surface area contributed by atoms with Crippen LogP contribution in [-0.2, 0) is 47.8 Å². The second-order valence-corrected chi connectivity index (χ2v) is 14.4. The summed E-state index contributed by atoms with van der Waals surface area (Å²) in [5.41, 5.74) is 14.1. The molecule has 10 N–H and O–H groups in total. The molecule has 2 unspecified atom stereocenters. The highest BCUT2D eigenvalue weighted by Crippen LogP contribution is 2.15. The fraction of sp³-hybridized carbons (Fsp3) is 0.714. The number of hydrogen-bond acceptors (Lipinski definition) is 16. The Morgan fingerprint density at radius 3 is 1.40 bits per heavy atom. The van der Waals surface area contributed by atoms with Gasteiger partial charge in [-0.15, -0.1) is 0 Å². The Balaban J connectivity index is 1.73. The molecular formula is C35H58N14O14. The van der Waals surface area contributed by atoms with Gasteiger partial charge in [-0.05, 0) is 64.2 Å². The Morgan fingerprint density at radius 2 is 1.05 bits per heavy atom. The molecule has 28 nitrogen and oxygen atoms in total. The van der Waals surface area contributed by atoms with Gasteiger partial charge >= 0.3 is 11.9 Å². The first-order chi connectivity index (χ1) is 29.9. The molecular weight excluding hydrogens is 840 g/mol. The van der Waals surface area contributed by atoms with E-state index >= 15 is 0 Å². The predicted octanol–water partition coefficient (Wildman–Crippen LogP) is -3.78. The summed E-state index contributed by atoms with van der Waals surface area (Å²) in [6.07, 6.45) is 3.76. The van der Waals surface area contributed by atoms with Crippen LogP contribution < -0.4 is 43.6 Å². The number of nitrogens with one attached hydrogen (secondary N) is 6. The largest absolute Gasteiger partial charge is 0.467 e. The number of hydrogen-bond donors (Lipinski definition) is 8. The van der Waals surface area contributed by atoms with Crippen LogP contribution in [0.15, 0.2) is 9.98 Å². The van der Waals surface area contributed by atoms with Crippen molar-refractivity contribution in [2.45, 2.75) is 108 Å². The Hall–Kier alpha value is -6.90. The molecule has 28 heteroatoms. The first-order valence-corrected chi connectivity index (χ1v) is 20.3. The molecule has 6 amide bonds. The van der Waals surface area contributed by atoms with Crippen molar-refractivity contribution in [2.75, 3.05) is 53.5 Å². The average Bonchev–Trinajstić information content (AvgIpc) is 3.21. The monoisotopic (exact) mass is 898 g/mol. The number of piperidine rings is 2. The number of ether oxygens (including phenoxy) is 2. The molecule has 352 valence electrons. The van der Waals surface area contributed by atoms with Crippen LogP contribution >= 0.6 is 0 Å². The van der Waals surface area contributed by atoms with Crippen LogP contribution in [0.4, 0.5) is 0 Å². The van der Waals surface area contributed by atoms with E-state index in [2.05, 4.69) is 31.3 Å². The summed E-state index contributed by atoms with van der Waals surface area (Å²) in [6.45, 7) is -0.205. The van der Waals surface area contributed by atoms with Crippen molar-refractivity contribution in [1.82, 2.24) is 41.9 Å². The summed E-state index contributed by atoms with van der Waals surface area (Å²) in [5, 5.41) is 29.5. The predicted molar refractivity (Wildman–Crippen MR) is 218 cm³/mol. The lowest BCUT2D eigenvalue weighted by Crippen LogP contribution is -2.55. The molecule has 2 fully saturated rings. The Morgan fingerprint density at radius 1 is 0.667 bits per heavy atom. The van der Waals surface area contributed by atoms with Gasteiger partial charge < -0.3 is 52.0 Å². The molecule has 0 aromatic rings. The van der Waals surface area contributed by atoms with Gasteiger partial charge in [-0.25, -0.2) is 39.8 Å². The smallest absolute Gasteiger partial charge is 0.328 e. The number of aliphatic imine (C=N–C) groups is 2. The number of rotatable bonds is 26. The summed E-state index contributed by atoms with van der Waals surface area (Å²) in [4.78, 5) is 133. The number of esters is 2. The number of hydrazine groups is 2. The maximum Gasteiger partial charge on any atom is 0.328 e. The SMILES string of the molecule is COC(=O)[C@H](CCCN=C(N)N[N+](=O)[O-])NC(=O)CN1CCCC(NC(=O)CCCCCC(=O)NC2CCCN(CC(=O)N[C@@H](CCCN=C(N)N[N+](=O)[O-])C(=O)OC)C2=O)C1=O. The van der Waals surface area contributed by atoms with Crippen molar-refractivity contribution >= 4 is 59.3 Å². The number of unbranched alkanes of at least 4 members (excludes halogenated alkanes) is 2. The van der Waals surface area contributed by atoms with E-state index in [9.17, 15) is 58.6 Å². The summed E-state index contributed by atoms with van der Waals surface area (Å²) >= 11 is 0. The Bertz CT molecular complexity index is 1590.